The lowest BCUT2D eigenvalue weighted by Crippen LogP contribution is -2.46. The predicted molar refractivity (Wildman–Crippen MR) is 116 cm³/mol. The fourth-order valence-corrected chi connectivity index (χ4v) is 4.60. The molecule has 170 valence electrons. The molecule has 2 heterocycles. The first-order valence-electron chi connectivity index (χ1n) is 10.2. The number of phenols is 1. The van der Waals surface area contributed by atoms with Gasteiger partial charge in [0.05, 0.1) is 16.1 Å². The van der Waals surface area contributed by atoms with E-state index < -0.39 is 57.8 Å². The predicted octanol–water partition coefficient (Wildman–Crippen LogP) is 4.10. The number of ketones is 2. The molecule has 5 rings (SSSR count). The van der Waals surface area contributed by atoms with Crippen molar-refractivity contribution >= 4 is 35.1 Å². The highest BCUT2D eigenvalue weighted by atomic mass is 35.5. The molecule has 0 spiro atoms. The molecule has 34 heavy (non-hydrogen) atoms. The second kappa shape index (κ2) is 8.07. The van der Waals surface area contributed by atoms with Crippen molar-refractivity contribution in [1.29, 1.82) is 0 Å². The third-order valence-electron chi connectivity index (χ3n) is 5.94. The average Bonchev–Trinajstić information content (AvgIpc) is 2.81. The zero-order valence-electron chi connectivity index (χ0n) is 17.2. The summed E-state index contributed by atoms with van der Waals surface area (Å²) in [7, 11) is 0. The molecule has 2 aliphatic heterocycles. The normalized spacial score (nSPS) is 20.2. The van der Waals surface area contributed by atoms with Crippen LogP contribution in [0.25, 0.3) is 0 Å². The molecule has 9 heteroatoms. The van der Waals surface area contributed by atoms with E-state index in [1.54, 1.807) is 24.3 Å². The molecule has 0 fully saturated rings. The molecular weight excluding hydrogens is 467 g/mol. The van der Waals surface area contributed by atoms with E-state index in [0.29, 0.717) is 0 Å². The SMILES string of the molecule is O=C1Oc2ccccc2C(=O)C1C(c1cc(F)c(O)c(Cl)c1)C1C(=O)Oc2ccccc2C1=O. The topological polar surface area (TPSA) is 107 Å². The smallest absolute Gasteiger partial charge is 0.322 e. The summed E-state index contributed by atoms with van der Waals surface area (Å²) in [4.78, 5) is 53.0. The van der Waals surface area contributed by atoms with Crippen LogP contribution in [0.3, 0.4) is 0 Å². The number of halogens is 2. The van der Waals surface area contributed by atoms with Crippen LogP contribution in [0, 0.1) is 17.7 Å². The first-order valence-corrected chi connectivity index (χ1v) is 10.5. The van der Waals surface area contributed by atoms with Crippen LogP contribution in [0.2, 0.25) is 5.02 Å². The number of carbonyl (C=O) groups excluding carboxylic acids is 4. The molecule has 2 atom stereocenters. The fraction of sp³-hybridized carbons (Fsp3) is 0.120. The van der Waals surface area contributed by atoms with Gasteiger partial charge in [-0.1, -0.05) is 35.9 Å². The van der Waals surface area contributed by atoms with Gasteiger partial charge in [0.2, 0.25) is 0 Å². The Morgan fingerprint density at radius 3 is 1.74 bits per heavy atom. The summed E-state index contributed by atoms with van der Waals surface area (Å²) in [5.74, 6) is -10.3. The van der Waals surface area contributed by atoms with Gasteiger partial charge in [-0.15, -0.1) is 0 Å². The lowest BCUT2D eigenvalue weighted by Gasteiger charge is -2.34. The first-order chi connectivity index (χ1) is 16.3. The molecule has 3 aromatic rings. The Kier molecular flexibility index (Phi) is 5.17. The summed E-state index contributed by atoms with van der Waals surface area (Å²) >= 11 is 5.96. The number of hydrogen-bond acceptors (Lipinski definition) is 7. The number of aromatic hydroxyl groups is 1. The van der Waals surface area contributed by atoms with Crippen LogP contribution in [0.4, 0.5) is 4.39 Å². The Morgan fingerprint density at radius 2 is 1.26 bits per heavy atom. The van der Waals surface area contributed by atoms with Crippen molar-refractivity contribution in [2.75, 3.05) is 0 Å². The van der Waals surface area contributed by atoms with Gasteiger partial charge in [0.15, 0.2) is 23.1 Å². The van der Waals surface area contributed by atoms with Crippen molar-refractivity contribution < 1.29 is 38.1 Å². The van der Waals surface area contributed by atoms with Crippen LogP contribution in [0.5, 0.6) is 17.2 Å². The highest BCUT2D eigenvalue weighted by Crippen LogP contribution is 2.45. The van der Waals surface area contributed by atoms with E-state index in [1.807, 2.05) is 0 Å². The number of ether oxygens (including phenoxy) is 2. The van der Waals surface area contributed by atoms with Gasteiger partial charge >= 0.3 is 11.9 Å². The summed E-state index contributed by atoms with van der Waals surface area (Å²) in [5, 5.41) is 9.36. The van der Waals surface area contributed by atoms with E-state index in [2.05, 4.69) is 0 Å². The van der Waals surface area contributed by atoms with Crippen LogP contribution >= 0.6 is 11.6 Å². The van der Waals surface area contributed by atoms with E-state index in [4.69, 9.17) is 21.1 Å². The number of Topliss-reactive ketones (excluding diaryl/α,β-unsaturated/α-hetero) is 2. The lowest BCUT2D eigenvalue weighted by atomic mass is 9.70. The van der Waals surface area contributed by atoms with E-state index in [-0.39, 0.29) is 28.2 Å². The number of para-hydroxylation sites is 2. The minimum absolute atomic E-state index is 0.0327. The highest BCUT2D eigenvalue weighted by molar-refractivity contribution is 6.32. The number of rotatable bonds is 3. The zero-order valence-corrected chi connectivity index (χ0v) is 17.9. The molecule has 3 aromatic carbocycles. The number of fused-ring (bicyclic) bond motifs is 2. The van der Waals surface area contributed by atoms with Crippen LogP contribution in [-0.4, -0.2) is 28.6 Å². The number of hydrogen-bond donors (Lipinski definition) is 1. The fourth-order valence-electron chi connectivity index (χ4n) is 4.39. The van der Waals surface area contributed by atoms with E-state index in [1.165, 1.54) is 24.3 Å². The number of phenolic OH excluding ortho intramolecular Hbond substituents is 1. The van der Waals surface area contributed by atoms with Gasteiger partial charge in [-0.3, -0.25) is 19.2 Å². The molecule has 0 radical (unpaired) electrons. The van der Waals surface area contributed by atoms with Crippen molar-refractivity contribution in [2.24, 2.45) is 11.8 Å². The van der Waals surface area contributed by atoms with Crippen LogP contribution in [0.15, 0.2) is 60.7 Å². The summed E-state index contributed by atoms with van der Waals surface area (Å²) in [5.41, 5.74) is 0.0172. The Labute approximate surface area is 196 Å². The van der Waals surface area contributed by atoms with Gasteiger partial charge in [0.1, 0.15) is 23.3 Å². The van der Waals surface area contributed by atoms with Gasteiger partial charge in [-0.25, -0.2) is 4.39 Å². The maximum absolute atomic E-state index is 14.5. The number of esters is 2. The maximum Gasteiger partial charge on any atom is 0.322 e. The molecule has 0 saturated heterocycles. The van der Waals surface area contributed by atoms with Gasteiger partial charge in [0, 0.05) is 5.92 Å². The lowest BCUT2D eigenvalue weighted by molar-refractivity contribution is -0.142. The molecular formula is C25H14ClFO7. The zero-order chi connectivity index (χ0) is 24.1. The second-order valence-corrected chi connectivity index (χ2v) is 8.28. The third-order valence-corrected chi connectivity index (χ3v) is 6.23. The monoisotopic (exact) mass is 480 g/mol. The summed E-state index contributed by atoms with van der Waals surface area (Å²) in [6, 6.07) is 14.0. The summed E-state index contributed by atoms with van der Waals surface area (Å²) in [6.45, 7) is 0. The average molecular weight is 481 g/mol. The molecule has 0 amide bonds. The van der Waals surface area contributed by atoms with Gasteiger partial charge < -0.3 is 14.6 Å². The molecule has 2 unspecified atom stereocenters. The molecule has 0 aromatic heterocycles. The first kappa shape index (κ1) is 21.8. The summed E-state index contributed by atoms with van der Waals surface area (Å²) in [6.07, 6.45) is 0. The Bertz CT molecular complexity index is 1300. The Hall–Kier alpha value is -4.04. The molecule has 0 saturated carbocycles. The second-order valence-electron chi connectivity index (χ2n) is 7.88. The van der Waals surface area contributed by atoms with E-state index >= 15 is 0 Å². The van der Waals surface area contributed by atoms with Gasteiger partial charge in [0.25, 0.3) is 0 Å². The molecule has 2 aliphatic rings. The standard InChI is InChI=1S/C25H14ClFO7/c26-14-9-11(10-15(27)23(14)30)18(19-21(28)12-5-1-3-7-16(12)33-24(19)31)20-22(29)13-6-2-4-8-17(13)34-25(20)32/h1-10,18-20,30H. The molecule has 1 N–H and O–H groups in total. The Balaban J connectivity index is 1.71. The largest absolute Gasteiger partial charge is 0.504 e. The van der Waals surface area contributed by atoms with Crippen molar-refractivity contribution in [3.8, 4) is 17.2 Å². The van der Waals surface area contributed by atoms with Crippen LogP contribution < -0.4 is 9.47 Å². The molecule has 0 aliphatic carbocycles. The van der Waals surface area contributed by atoms with Gasteiger partial charge in [-0.05, 0) is 42.0 Å². The quantitative estimate of drug-likeness (QED) is 0.341. The molecule has 7 nitrogen and oxygen atoms in total. The maximum atomic E-state index is 14.5. The van der Waals surface area contributed by atoms with Crippen molar-refractivity contribution in [3.63, 3.8) is 0 Å². The van der Waals surface area contributed by atoms with Crippen molar-refractivity contribution in [2.45, 2.75) is 5.92 Å². The third kappa shape index (κ3) is 3.34. The summed E-state index contributed by atoms with van der Waals surface area (Å²) < 4.78 is 25.1. The molecule has 0 bridgehead atoms. The highest BCUT2D eigenvalue weighted by Gasteiger charge is 2.52. The van der Waals surface area contributed by atoms with E-state index in [0.717, 1.165) is 12.1 Å². The van der Waals surface area contributed by atoms with Gasteiger partial charge in [-0.2, -0.15) is 0 Å². The minimum atomic E-state index is -1.68. The van der Waals surface area contributed by atoms with Crippen molar-refractivity contribution in [3.05, 3.63) is 88.2 Å². The Morgan fingerprint density at radius 1 is 0.794 bits per heavy atom. The van der Waals surface area contributed by atoms with Crippen LogP contribution in [-0.2, 0) is 9.59 Å². The number of carbonyl (C=O) groups is 4. The van der Waals surface area contributed by atoms with Crippen LogP contribution in [0.1, 0.15) is 32.2 Å². The van der Waals surface area contributed by atoms with Crippen molar-refractivity contribution in [1.82, 2.24) is 0 Å². The van der Waals surface area contributed by atoms with E-state index in [9.17, 15) is 28.7 Å². The minimum Gasteiger partial charge on any atom is -0.504 e. The number of benzene rings is 3.